The van der Waals surface area contributed by atoms with Crippen molar-refractivity contribution in [1.82, 2.24) is 29.5 Å². The van der Waals surface area contributed by atoms with Crippen molar-refractivity contribution < 1.29 is 9.53 Å². The van der Waals surface area contributed by atoms with E-state index in [0.717, 1.165) is 30.9 Å². The van der Waals surface area contributed by atoms with Crippen LogP contribution < -0.4 is 4.74 Å². The number of ether oxygens (including phenoxy) is 1. The third-order valence-electron chi connectivity index (χ3n) is 5.23. The molecular weight excluding hydrogens is 380 g/mol. The highest BCUT2D eigenvalue weighted by atomic mass is 16.5. The van der Waals surface area contributed by atoms with E-state index in [-0.39, 0.29) is 12.5 Å². The van der Waals surface area contributed by atoms with Crippen molar-refractivity contribution in [2.75, 3.05) is 19.7 Å². The zero-order valence-electron chi connectivity index (χ0n) is 17.1. The molecule has 3 aromatic rings. The first kappa shape index (κ1) is 20.0. The van der Waals surface area contributed by atoms with Crippen LogP contribution in [0.3, 0.4) is 0 Å². The van der Waals surface area contributed by atoms with Crippen molar-refractivity contribution in [2.45, 2.75) is 33.1 Å². The normalized spacial score (nSPS) is 13.6. The largest absolute Gasteiger partial charge is 0.491 e. The third-order valence-corrected chi connectivity index (χ3v) is 5.23. The summed E-state index contributed by atoms with van der Waals surface area (Å²) >= 11 is 0. The second kappa shape index (κ2) is 9.49. The number of aromatic nitrogens is 4. The van der Waals surface area contributed by atoms with Crippen molar-refractivity contribution in [2.24, 2.45) is 0 Å². The highest BCUT2D eigenvalue weighted by Gasteiger charge is 2.21. The molecule has 1 amide bonds. The number of amides is 1. The zero-order chi connectivity index (χ0) is 20.8. The van der Waals surface area contributed by atoms with Gasteiger partial charge in [0.15, 0.2) is 0 Å². The fourth-order valence-electron chi connectivity index (χ4n) is 3.60. The second-order valence-electron chi connectivity index (χ2n) is 7.36. The number of pyridine rings is 1. The van der Waals surface area contributed by atoms with Crippen molar-refractivity contribution >= 4 is 5.91 Å². The number of hydrogen-bond donors (Lipinski definition) is 0. The lowest BCUT2D eigenvalue weighted by Crippen LogP contribution is -2.35. The first-order chi connectivity index (χ1) is 14.7. The van der Waals surface area contributed by atoms with Crippen molar-refractivity contribution in [3.05, 3.63) is 72.1 Å². The maximum Gasteiger partial charge on any atom is 0.244 e. The number of carbonyl (C=O) groups is 1. The standard InChI is InChI=1S/C22H26N6O2/c1-2-26(12-18-5-7-23-8-6-18)13-19-3-4-21-20(11-19)14-27(9-10-30-21)22(29)15-28-17-24-16-25-28/h3-8,11,16-17H,2,9-10,12-15H2,1H3. The number of hydrogen-bond acceptors (Lipinski definition) is 6. The Hall–Kier alpha value is -3.26. The Labute approximate surface area is 176 Å². The molecule has 1 aromatic carbocycles. The van der Waals surface area contributed by atoms with Crippen LogP contribution in [0, 0.1) is 0 Å². The van der Waals surface area contributed by atoms with Gasteiger partial charge in [0.2, 0.25) is 5.91 Å². The van der Waals surface area contributed by atoms with E-state index in [1.165, 1.54) is 17.5 Å². The maximum absolute atomic E-state index is 12.7. The van der Waals surface area contributed by atoms with Crippen LogP contribution >= 0.6 is 0 Å². The van der Waals surface area contributed by atoms with Crippen LogP contribution in [0.4, 0.5) is 0 Å². The predicted octanol–water partition coefficient (Wildman–Crippen LogP) is 2.12. The summed E-state index contributed by atoms with van der Waals surface area (Å²) in [4.78, 5) is 24.9. The molecule has 0 unspecified atom stereocenters. The Kier molecular flexibility index (Phi) is 6.34. The van der Waals surface area contributed by atoms with Crippen LogP contribution in [0.5, 0.6) is 5.75 Å². The van der Waals surface area contributed by atoms with Gasteiger partial charge >= 0.3 is 0 Å². The Morgan fingerprint density at radius 1 is 1.13 bits per heavy atom. The quantitative estimate of drug-likeness (QED) is 0.598. The average Bonchev–Trinajstić information content (AvgIpc) is 3.18. The zero-order valence-corrected chi connectivity index (χ0v) is 17.1. The van der Waals surface area contributed by atoms with Gasteiger partial charge in [0.05, 0.1) is 6.54 Å². The number of carbonyl (C=O) groups excluding carboxylic acids is 1. The molecule has 0 atom stereocenters. The van der Waals surface area contributed by atoms with Gasteiger partial charge in [-0.3, -0.25) is 14.7 Å². The van der Waals surface area contributed by atoms with Crippen LogP contribution in [-0.2, 0) is 31.0 Å². The van der Waals surface area contributed by atoms with E-state index >= 15 is 0 Å². The summed E-state index contributed by atoms with van der Waals surface area (Å²) < 4.78 is 7.44. The molecule has 2 aromatic heterocycles. The summed E-state index contributed by atoms with van der Waals surface area (Å²) in [7, 11) is 0. The predicted molar refractivity (Wildman–Crippen MR) is 111 cm³/mol. The van der Waals surface area contributed by atoms with E-state index in [1.807, 2.05) is 35.5 Å². The van der Waals surface area contributed by atoms with E-state index in [0.29, 0.717) is 19.7 Å². The van der Waals surface area contributed by atoms with Crippen LogP contribution in [0.15, 0.2) is 55.4 Å². The summed E-state index contributed by atoms with van der Waals surface area (Å²) in [6.07, 6.45) is 6.65. The van der Waals surface area contributed by atoms with Gasteiger partial charge < -0.3 is 9.64 Å². The highest BCUT2D eigenvalue weighted by molar-refractivity contribution is 5.76. The maximum atomic E-state index is 12.7. The summed E-state index contributed by atoms with van der Waals surface area (Å²) in [5, 5.41) is 4.03. The van der Waals surface area contributed by atoms with Crippen LogP contribution in [0.25, 0.3) is 0 Å². The molecule has 0 bridgehead atoms. The van der Waals surface area contributed by atoms with E-state index in [2.05, 4.69) is 39.0 Å². The molecule has 0 radical (unpaired) electrons. The molecule has 8 heteroatoms. The minimum absolute atomic E-state index is 0.00947. The van der Waals surface area contributed by atoms with E-state index in [1.54, 1.807) is 11.0 Å². The molecule has 0 N–H and O–H groups in total. The summed E-state index contributed by atoms with van der Waals surface area (Å²) in [5.41, 5.74) is 3.49. The lowest BCUT2D eigenvalue weighted by molar-refractivity contribution is -0.132. The molecular formula is C22H26N6O2. The van der Waals surface area contributed by atoms with Gasteiger partial charge in [-0.25, -0.2) is 9.67 Å². The lowest BCUT2D eigenvalue weighted by atomic mass is 10.1. The molecule has 1 aliphatic rings. The Balaban J connectivity index is 1.45. The molecule has 156 valence electrons. The SMILES string of the molecule is CCN(Cc1ccncc1)Cc1ccc2c(c1)CN(C(=O)Cn1cncn1)CCO2. The van der Waals surface area contributed by atoms with Crippen molar-refractivity contribution in [3.63, 3.8) is 0 Å². The minimum atomic E-state index is 0.00947. The van der Waals surface area contributed by atoms with Gasteiger partial charge in [-0.1, -0.05) is 13.0 Å². The molecule has 0 saturated heterocycles. The molecule has 3 heterocycles. The molecule has 0 saturated carbocycles. The van der Waals surface area contributed by atoms with E-state index in [4.69, 9.17) is 4.74 Å². The summed E-state index contributed by atoms with van der Waals surface area (Å²) in [6.45, 7) is 6.57. The number of benzene rings is 1. The third kappa shape index (κ3) is 5.01. The molecule has 0 aliphatic carbocycles. The molecule has 4 rings (SSSR count). The highest BCUT2D eigenvalue weighted by Crippen LogP contribution is 2.25. The molecule has 0 spiro atoms. The van der Waals surface area contributed by atoms with Gasteiger partial charge in [0, 0.05) is 37.6 Å². The van der Waals surface area contributed by atoms with Crippen LogP contribution in [-0.4, -0.2) is 55.2 Å². The van der Waals surface area contributed by atoms with Gasteiger partial charge in [0.1, 0.15) is 31.6 Å². The van der Waals surface area contributed by atoms with Crippen molar-refractivity contribution in [1.29, 1.82) is 0 Å². The van der Waals surface area contributed by atoms with E-state index < -0.39 is 0 Å². The number of fused-ring (bicyclic) bond motifs is 1. The fourth-order valence-corrected chi connectivity index (χ4v) is 3.60. The monoisotopic (exact) mass is 406 g/mol. The van der Waals surface area contributed by atoms with Gasteiger partial charge in [-0.05, 0) is 41.9 Å². The summed E-state index contributed by atoms with van der Waals surface area (Å²) in [6, 6.07) is 10.4. The van der Waals surface area contributed by atoms with E-state index in [9.17, 15) is 4.79 Å². The first-order valence-corrected chi connectivity index (χ1v) is 10.2. The van der Waals surface area contributed by atoms with Crippen LogP contribution in [0.1, 0.15) is 23.6 Å². The number of rotatable bonds is 7. The first-order valence-electron chi connectivity index (χ1n) is 10.2. The lowest BCUT2D eigenvalue weighted by Gasteiger charge is -2.22. The molecule has 0 fully saturated rings. The minimum Gasteiger partial charge on any atom is -0.491 e. The second-order valence-corrected chi connectivity index (χ2v) is 7.36. The average molecular weight is 406 g/mol. The smallest absolute Gasteiger partial charge is 0.244 e. The van der Waals surface area contributed by atoms with Crippen molar-refractivity contribution in [3.8, 4) is 5.75 Å². The Morgan fingerprint density at radius 3 is 2.73 bits per heavy atom. The van der Waals surface area contributed by atoms with Gasteiger partial charge in [0.25, 0.3) is 0 Å². The topological polar surface area (TPSA) is 76.4 Å². The van der Waals surface area contributed by atoms with Gasteiger partial charge in [-0.2, -0.15) is 5.10 Å². The molecule has 30 heavy (non-hydrogen) atoms. The Morgan fingerprint density at radius 2 is 1.97 bits per heavy atom. The van der Waals surface area contributed by atoms with Gasteiger partial charge in [-0.15, -0.1) is 0 Å². The van der Waals surface area contributed by atoms with Crippen LogP contribution in [0.2, 0.25) is 0 Å². The Bertz CT molecular complexity index is 961. The summed E-state index contributed by atoms with van der Waals surface area (Å²) in [5.74, 6) is 0.863. The number of nitrogens with zero attached hydrogens (tertiary/aromatic N) is 6. The molecule has 8 nitrogen and oxygen atoms in total. The molecule has 1 aliphatic heterocycles. The fraction of sp³-hybridized carbons (Fsp3) is 0.364.